The van der Waals surface area contributed by atoms with Gasteiger partial charge in [-0.15, -0.1) is 0 Å². The Bertz CT molecular complexity index is 773. The lowest BCUT2D eigenvalue weighted by Crippen LogP contribution is -2.57. The van der Waals surface area contributed by atoms with Gasteiger partial charge in [-0.2, -0.15) is 0 Å². The van der Waals surface area contributed by atoms with Crippen molar-refractivity contribution in [1.29, 1.82) is 0 Å². The zero-order valence-corrected chi connectivity index (χ0v) is 17.3. The molecule has 3 rings (SSSR count). The van der Waals surface area contributed by atoms with Gasteiger partial charge >= 0.3 is 18.0 Å². The lowest BCUT2D eigenvalue weighted by molar-refractivity contribution is -0.158. The average Bonchev–Trinajstić information content (AvgIpc) is 3.37. The minimum absolute atomic E-state index is 0.0494. The number of hydrogen-bond donors (Lipinski definition) is 0. The zero-order chi connectivity index (χ0) is 21.3. The molecule has 0 radical (unpaired) electrons. The Morgan fingerprint density at radius 1 is 1.10 bits per heavy atom. The molecular formula is C21H27NO7. The lowest BCUT2D eigenvalue weighted by Gasteiger charge is -2.36. The normalized spacial score (nSPS) is 28.2. The van der Waals surface area contributed by atoms with Crippen molar-refractivity contribution >= 4 is 18.0 Å². The summed E-state index contributed by atoms with van der Waals surface area (Å²) in [4.78, 5) is 39.2. The third kappa shape index (κ3) is 4.53. The van der Waals surface area contributed by atoms with Crippen molar-refractivity contribution in [3.05, 3.63) is 35.9 Å². The van der Waals surface area contributed by atoms with Gasteiger partial charge in [0.05, 0.1) is 25.4 Å². The Morgan fingerprint density at radius 2 is 1.76 bits per heavy atom. The smallest absolute Gasteiger partial charge is 0.411 e. The fourth-order valence-corrected chi connectivity index (χ4v) is 3.60. The monoisotopic (exact) mass is 405 g/mol. The molecule has 1 aromatic rings. The van der Waals surface area contributed by atoms with Crippen LogP contribution in [0.25, 0.3) is 0 Å². The van der Waals surface area contributed by atoms with Crippen molar-refractivity contribution in [2.45, 2.75) is 64.2 Å². The van der Waals surface area contributed by atoms with Crippen LogP contribution >= 0.6 is 0 Å². The van der Waals surface area contributed by atoms with E-state index in [1.165, 1.54) is 12.0 Å². The summed E-state index contributed by atoms with van der Waals surface area (Å²) in [5, 5.41) is 0. The first-order chi connectivity index (χ1) is 13.6. The minimum Gasteiger partial charge on any atom is -0.467 e. The molecular weight excluding hydrogens is 378 g/mol. The van der Waals surface area contributed by atoms with Crippen LogP contribution in [0.2, 0.25) is 0 Å². The Labute approximate surface area is 170 Å². The lowest BCUT2D eigenvalue weighted by atomic mass is 10.1. The number of carbonyl (C=O) groups excluding carboxylic acids is 3. The van der Waals surface area contributed by atoms with Crippen LogP contribution < -0.4 is 0 Å². The van der Waals surface area contributed by atoms with E-state index in [4.69, 9.17) is 18.9 Å². The molecule has 1 saturated heterocycles. The van der Waals surface area contributed by atoms with Crippen LogP contribution in [0.5, 0.6) is 0 Å². The van der Waals surface area contributed by atoms with Gasteiger partial charge in [0.15, 0.2) is 6.04 Å². The second kappa shape index (κ2) is 8.02. The number of amides is 1. The number of morpholine rings is 1. The quantitative estimate of drug-likeness (QED) is 0.561. The van der Waals surface area contributed by atoms with E-state index in [1.807, 2.05) is 30.3 Å². The summed E-state index contributed by atoms with van der Waals surface area (Å²) < 4.78 is 21.6. The molecule has 1 aromatic carbocycles. The maximum absolute atomic E-state index is 12.9. The van der Waals surface area contributed by atoms with Crippen molar-refractivity contribution < 1.29 is 33.3 Å². The molecule has 0 bridgehead atoms. The summed E-state index contributed by atoms with van der Waals surface area (Å²) in [5.74, 6) is -1.76. The summed E-state index contributed by atoms with van der Waals surface area (Å²) in [5.41, 5.74) is 0.141. The van der Waals surface area contributed by atoms with Crippen LogP contribution in [0.4, 0.5) is 4.79 Å². The standard InChI is InChI=1S/C21H27NO7/c1-12-15(19(24)26-5)22(20(25)27-11-13-9-7-6-8-10-13)16-14(17(16)28-12)18(23)29-21(2,3)4/h6-10,12,14-17H,11H2,1-5H3/t12-,14+,15+,16+,17-/m1/s1. The molecule has 0 spiro atoms. The summed E-state index contributed by atoms with van der Waals surface area (Å²) in [7, 11) is 1.24. The molecule has 0 aromatic heterocycles. The van der Waals surface area contributed by atoms with Gasteiger partial charge in [-0.3, -0.25) is 9.69 Å². The number of carbonyl (C=O) groups is 3. The fourth-order valence-electron chi connectivity index (χ4n) is 3.60. The molecule has 0 unspecified atom stereocenters. The number of hydrogen-bond acceptors (Lipinski definition) is 7. The molecule has 8 heteroatoms. The number of rotatable bonds is 4. The Morgan fingerprint density at radius 3 is 2.34 bits per heavy atom. The molecule has 0 N–H and O–H groups in total. The van der Waals surface area contributed by atoms with Gasteiger partial charge in [0, 0.05) is 0 Å². The van der Waals surface area contributed by atoms with E-state index in [1.54, 1.807) is 27.7 Å². The third-order valence-corrected chi connectivity index (χ3v) is 4.89. The van der Waals surface area contributed by atoms with Gasteiger partial charge in [-0.25, -0.2) is 9.59 Å². The number of ether oxygens (including phenoxy) is 4. The van der Waals surface area contributed by atoms with Crippen LogP contribution in [-0.2, 0) is 35.1 Å². The first kappa shape index (κ1) is 21.1. The molecule has 29 heavy (non-hydrogen) atoms. The number of nitrogens with zero attached hydrogens (tertiary/aromatic N) is 1. The Hall–Kier alpha value is -2.61. The highest BCUT2D eigenvalue weighted by Crippen LogP contribution is 2.47. The minimum atomic E-state index is -1.00. The van der Waals surface area contributed by atoms with Crippen LogP contribution in [0.3, 0.4) is 0 Å². The second-order valence-electron chi connectivity index (χ2n) is 8.27. The first-order valence-electron chi connectivity index (χ1n) is 9.59. The van der Waals surface area contributed by atoms with E-state index in [2.05, 4.69) is 0 Å². The topological polar surface area (TPSA) is 91.4 Å². The molecule has 2 fully saturated rings. The van der Waals surface area contributed by atoms with Gasteiger partial charge in [-0.1, -0.05) is 30.3 Å². The van der Waals surface area contributed by atoms with Gasteiger partial charge in [0.25, 0.3) is 0 Å². The number of benzene rings is 1. The van der Waals surface area contributed by atoms with Crippen LogP contribution in [0, 0.1) is 5.92 Å². The largest absolute Gasteiger partial charge is 0.467 e. The van der Waals surface area contributed by atoms with E-state index in [0.29, 0.717) is 0 Å². The molecule has 8 nitrogen and oxygen atoms in total. The maximum atomic E-state index is 12.9. The summed E-state index contributed by atoms with van der Waals surface area (Å²) in [6.45, 7) is 7.02. The number of fused-ring (bicyclic) bond motifs is 1. The van der Waals surface area contributed by atoms with Gasteiger partial charge in [-0.05, 0) is 33.3 Å². The molecule has 1 saturated carbocycles. The zero-order valence-electron chi connectivity index (χ0n) is 17.3. The summed E-state index contributed by atoms with van der Waals surface area (Å²) >= 11 is 0. The second-order valence-corrected chi connectivity index (χ2v) is 8.27. The predicted molar refractivity (Wildman–Crippen MR) is 102 cm³/mol. The predicted octanol–water partition coefficient (Wildman–Crippen LogP) is 2.29. The molecule has 1 aliphatic heterocycles. The highest BCUT2D eigenvalue weighted by Gasteiger charge is 2.68. The number of methoxy groups -OCH3 is 1. The van der Waals surface area contributed by atoms with Crippen molar-refractivity contribution in [2.75, 3.05) is 7.11 Å². The highest BCUT2D eigenvalue weighted by molar-refractivity contribution is 5.86. The van der Waals surface area contributed by atoms with Gasteiger partial charge < -0.3 is 18.9 Å². The highest BCUT2D eigenvalue weighted by atomic mass is 16.6. The van der Waals surface area contributed by atoms with Crippen LogP contribution in [-0.4, -0.2) is 59.9 Å². The molecule has 1 amide bonds. The van der Waals surface area contributed by atoms with Gasteiger partial charge in [0.2, 0.25) is 0 Å². The van der Waals surface area contributed by atoms with Crippen molar-refractivity contribution in [1.82, 2.24) is 4.90 Å². The molecule has 5 atom stereocenters. The fraction of sp³-hybridized carbons (Fsp3) is 0.571. The van der Waals surface area contributed by atoms with E-state index in [9.17, 15) is 14.4 Å². The van der Waals surface area contributed by atoms with Crippen LogP contribution in [0.1, 0.15) is 33.3 Å². The molecule has 1 heterocycles. The maximum Gasteiger partial charge on any atom is 0.411 e. The third-order valence-electron chi connectivity index (χ3n) is 4.89. The van der Waals surface area contributed by atoms with E-state index in [-0.39, 0.29) is 6.61 Å². The van der Waals surface area contributed by atoms with Crippen molar-refractivity contribution in [3.8, 4) is 0 Å². The summed E-state index contributed by atoms with van der Waals surface area (Å²) in [6, 6.07) is 7.57. The van der Waals surface area contributed by atoms with Crippen molar-refractivity contribution in [3.63, 3.8) is 0 Å². The van der Waals surface area contributed by atoms with E-state index in [0.717, 1.165) is 5.56 Å². The molecule has 1 aliphatic carbocycles. The summed E-state index contributed by atoms with van der Waals surface area (Å²) in [6.07, 6.45) is -1.88. The molecule has 158 valence electrons. The Kier molecular flexibility index (Phi) is 5.84. The first-order valence-corrected chi connectivity index (χ1v) is 9.59. The van der Waals surface area contributed by atoms with E-state index >= 15 is 0 Å². The number of esters is 2. The average molecular weight is 405 g/mol. The van der Waals surface area contributed by atoms with Gasteiger partial charge in [0.1, 0.15) is 18.1 Å². The van der Waals surface area contributed by atoms with E-state index < -0.39 is 53.8 Å². The SMILES string of the molecule is COC(=O)[C@@H]1[C@@H](C)O[C@@H]2[C@@H](C(=O)OC(C)(C)C)[C@@H]2N1C(=O)OCc1ccccc1. The van der Waals surface area contributed by atoms with Crippen LogP contribution in [0.15, 0.2) is 30.3 Å². The Balaban J connectivity index is 1.79. The van der Waals surface area contributed by atoms with Crippen molar-refractivity contribution in [2.24, 2.45) is 5.92 Å². The molecule has 2 aliphatic rings.